The van der Waals surface area contributed by atoms with Crippen molar-refractivity contribution in [2.24, 2.45) is 0 Å². The van der Waals surface area contributed by atoms with Gasteiger partial charge in [-0.25, -0.2) is 0 Å². The quantitative estimate of drug-likeness (QED) is 0.448. The number of hydrogen-bond donors (Lipinski definition) is 1. The van der Waals surface area contributed by atoms with Crippen LogP contribution in [-0.2, 0) is 0 Å². The second kappa shape index (κ2) is 5.18. The first-order valence-corrected chi connectivity index (χ1v) is 4.77. The highest BCUT2D eigenvalue weighted by molar-refractivity contribution is 5.57. The molecule has 74 valence electrons. The molecule has 0 bridgehead atoms. The molecule has 2 N–H and O–H groups in total. The van der Waals surface area contributed by atoms with Crippen LogP contribution in [-0.4, -0.2) is 6.61 Å². The molecule has 0 aliphatic carbocycles. The van der Waals surface area contributed by atoms with E-state index < -0.39 is 0 Å². The lowest BCUT2D eigenvalue weighted by Crippen LogP contribution is -2.00. The molecule has 2 heteroatoms. The Hall–Kier alpha value is -1.62. The Labute approximate surface area is 85.1 Å². The molecule has 0 spiro atoms. The minimum absolute atomic E-state index is 0.608. The Morgan fingerprint density at radius 3 is 2.86 bits per heavy atom. The number of ether oxygens (including phenoxy) is 1. The summed E-state index contributed by atoms with van der Waals surface area (Å²) in [5.74, 6) is 3.25. The monoisotopic (exact) mass is 189 g/mol. The van der Waals surface area contributed by atoms with Crippen molar-refractivity contribution in [3.05, 3.63) is 23.8 Å². The Bertz CT molecular complexity index is 339. The molecule has 0 atom stereocenters. The normalized spacial score (nSPS) is 9.43. The van der Waals surface area contributed by atoms with Crippen LogP contribution in [0.15, 0.2) is 18.2 Å². The predicted octanol–water partition coefficient (Wildman–Crippen LogP) is 2.43. The minimum Gasteiger partial charge on any atom is -0.491 e. The summed E-state index contributed by atoms with van der Waals surface area (Å²) in [6.45, 7) is 2.82. The summed E-state index contributed by atoms with van der Waals surface area (Å²) in [4.78, 5) is 0. The van der Waals surface area contributed by atoms with Crippen LogP contribution in [0.3, 0.4) is 0 Å². The van der Waals surface area contributed by atoms with Crippen molar-refractivity contribution < 1.29 is 4.74 Å². The Morgan fingerprint density at radius 2 is 2.29 bits per heavy atom. The largest absolute Gasteiger partial charge is 0.491 e. The standard InChI is InChI=1S/C12H15NO/c1-3-5-8-14-12-7-6-10(4-2)9-11(12)13/h2,6-7,9H,3,5,8,13H2,1H3. The van der Waals surface area contributed by atoms with Gasteiger partial charge < -0.3 is 10.5 Å². The number of benzene rings is 1. The molecule has 0 fully saturated rings. The Kier molecular flexibility index (Phi) is 3.87. The molecule has 0 unspecified atom stereocenters. The van der Waals surface area contributed by atoms with Gasteiger partial charge in [-0.3, -0.25) is 0 Å². The van der Waals surface area contributed by atoms with Gasteiger partial charge in [0.2, 0.25) is 0 Å². The van der Waals surface area contributed by atoms with Crippen LogP contribution in [0.25, 0.3) is 0 Å². The molecule has 2 nitrogen and oxygen atoms in total. The molecule has 0 amide bonds. The Balaban J connectivity index is 2.65. The fourth-order valence-corrected chi connectivity index (χ4v) is 1.10. The molecule has 14 heavy (non-hydrogen) atoms. The molecule has 0 heterocycles. The molecular weight excluding hydrogens is 174 g/mol. The van der Waals surface area contributed by atoms with E-state index in [-0.39, 0.29) is 0 Å². The first-order chi connectivity index (χ1) is 6.77. The van der Waals surface area contributed by atoms with Crippen molar-refractivity contribution in [1.82, 2.24) is 0 Å². The topological polar surface area (TPSA) is 35.2 Å². The fraction of sp³-hybridized carbons (Fsp3) is 0.333. The SMILES string of the molecule is C#Cc1ccc(OCCCC)c(N)c1. The highest BCUT2D eigenvalue weighted by atomic mass is 16.5. The third-order valence-corrected chi connectivity index (χ3v) is 1.93. The lowest BCUT2D eigenvalue weighted by Gasteiger charge is -2.08. The van der Waals surface area contributed by atoms with Gasteiger partial charge >= 0.3 is 0 Å². The van der Waals surface area contributed by atoms with Gasteiger partial charge in [0.25, 0.3) is 0 Å². The summed E-state index contributed by atoms with van der Waals surface area (Å²) in [6, 6.07) is 5.40. The molecular formula is C12H15NO. The van der Waals surface area contributed by atoms with E-state index in [1.54, 1.807) is 6.07 Å². The van der Waals surface area contributed by atoms with Crippen molar-refractivity contribution in [3.63, 3.8) is 0 Å². The van der Waals surface area contributed by atoms with Gasteiger partial charge in [0.1, 0.15) is 5.75 Å². The number of nitrogen functional groups attached to an aromatic ring is 1. The maximum atomic E-state index is 5.76. The number of rotatable bonds is 4. The first-order valence-electron chi connectivity index (χ1n) is 4.77. The van der Waals surface area contributed by atoms with E-state index in [2.05, 4.69) is 12.8 Å². The highest BCUT2D eigenvalue weighted by Gasteiger charge is 1.99. The second-order valence-electron chi connectivity index (χ2n) is 3.10. The Morgan fingerprint density at radius 1 is 1.50 bits per heavy atom. The van der Waals surface area contributed by atoms with E-state index in [1.807, 2.05) is 12.1 Å². The van der Waals surface area contributed by atoms with Gasteiger partial charge in [-0.15, -0.1) is 6.42 Å². The lowest BCUT2D eigenvalue weighted by atomic mass is 10.2. The zero-order chi connectivity index (χ0) is 10.4. The summed E-state index contributed by atoms with van der Waals surface area (Å²) in [5, 5.41) is 0. The van der Waals surface area contributed by atoms with E-state index >= 15 is 0 Å². The maximum absolute atomic E-state index is 5.76. The summed E-state index contributed by atoms with van der Waals surface area (Å²) in [7, 11) is 0. The van der Waals surface area contributed by atoms with Crippen LogP contribution in [0, 0.1) is 12.3 Å². The van der Waals surface area contributed by atoms with E-state index in [0.717, 1.165) is 24.2 Å². The number of unbranched alkanes of at least 4 members (excludes halogenated alkanes) is 1. The van der Waals surface area contributed by atoms with Crippen LogP contribution >= 0.6 is 0 Å². The van der Waals surface area contributed by atoms with Gasteiger partial charge in [-0.05, 0) is 24.6 Å². The van der Waals surface area contributed by atoms with E-state index in [0.29, 0.717) is 12.3 Å². The smallest absolute Gasteiger partial charge is 0.142 e. The van der Waals surface area contributed by atoms with Crippen molar-refractivity contribution in [1.29, 1.82) is 0 Å². The zero-order valence-electron chi connectivity index (χ0n) is 8.42. The average molecular weight is 189 g/mol. The first kappa shape index (κ1) is 10.5. The molecule has 0 saturated heterocycles. The van der Waals surface area contributed by atoms with Crippen molar-refractivity contribution in [2.75, 3.05) is 12.3 Å². The van der Waals surface area contributed by atoms with Gasteiger partial charge in [-0.2, -0.15) is 0 Å². The third-order valence-electron chi connectivity index (χ3n) is 1.93. The average Bonchev–Trinajstić information content (AvgIpc) is 2.20. The van der Waals surface area contributed by atoms with Gasteiger partial charge in [0, 0.05) is 5.56 Å². The van der Waals surface area contributed by atoms with Crippen LogP contribution in [0.5, 0.6) is 5.75 Å². The number of anilines is 1. The molecule has 1 rings (SSSR count). The molecule has 0 saturated carbocycles. The van der Waals surface area contributed by atoms with Crippen molar-refractivity contribution in [3.8, 4) is 18.1 Å². The van der Waals surface area contributed by atoms with Crippen LogP contribution in [0.1, 0.15) is 25.3 Å². The van der Waals surface area contributed by atoms with Crippen molar-refractivity contribution in [2.45, 2.75) is 19.8 Å². The molecule has 0 aromatic heterocycles. The molecule has 1 aromatic rings. The van der Waals surface area contributed by atoms with E-state index in [4.69, 9.17) is 16.9 Å². The van der Waals surface area contributed by atoms with Gasteiger partial charge in [-0.1, -0.05) is 19.3 Å². The van der Waals surface area contributed by atoms with Gasteiger partial charge in [0.05, 0.1) is 12.3 Å². The molecule has 0 aliphatic rings. The lowest BCUT2D eigenvalue weighted by molar-refractivity contribution is 0.311. The van der Waals surface area contributed by atoms with Crippen LogP contribution < -0.4 is 10.5 Å². The number of nitrogens with two attached hydrogens (primary N) is 1. The van der Waals surface area contributed by atoms with Crippen LogP contribution in [0.2, 0.25) is 0 Å². The highest BCUT2D eigenvalue weighted by Crippen LogP contribution is 2.22. The molecule has 0 aliphatic heterocycles. The van der Waals surface area contributed by atoms with Crippen LogP contribution in [0.4, 0.5) is 5.69 Å². The second-order valence-corrected chi connectivity index (χ2v) is 3.10. The van der Waals surface area contributed by atoms with Crippen molar-refractivity contribution >= 4 is 5.69 Å². The summed E-state index contributed by atoms with van der Waals surface area (Å²) in [6.07, 6.45) is 7.40. The summed E-state index contributed by atoms with van der Waals surface area (Å²) < 4.78 is 5.48. The van der Waals surface area contributed by atoms with E-state index in [9.17, 15) is 0 Å². The maximum Gasteiger partial charge on any atom is 0.142 e. The zero-order valence-corrected chi connectivity index (χ0v) is 8.42. The van der Waals surface area contributed by atoms with Gasteiger partial charge in [0.15, 0.2) is 0 Å². The predicted molar refractivity (Wildman–Crippen MR) is 59.2 cm³/mol. The summed E-state index contributed by atoms with van der Waals surface area (Å²) in [5.41, 5.74) is 7.15. The minimum atomic E-state index is 0.608. The van der Waals surface area contributed by atoms with E-state index in [1.165, 1.54) is 0 Å². The number of terminal acetylenes is 1. The number of hydrogen-bond acceptors (Lipinski definition) is 2. The molecule has 1 aromatic carbocycles. The fourth-order valence-electron chi connectivity index (χ4n) is 1.10. The molecule has 0 radical (unpaired) electrons. The summed E-state index contributed by atoms with van der Waals surface area (Å²) >= 11 is 0. The third kappa shape index (κ3) is 2.70.